The molecule has 7 nitrogen and oxygen atoms in total. The van der Waals surface area contributed by atoms with E-state index in [-0.39, 0.29) is 5.57 Å². The summed E-state index contributed by atoms with van der Waals surface area (Å²) in [6, 6.07) is 19.4. The molecule has 3 aromatic carbocycles. The van der Waals surface area contributed by atoms with Gasteiger partial charge in [-0.1, -0.05) is 18.2 Å². The van der Waals surface area contributed by atoms with E-state index in [1.807, 2.05) is 32.0 Å². The van der Waals surface area contributed by atoms with E-state index >= 15 is 0 Å². The summed E-state index contributed by atoms with van der Waals surface area (Å²) < 4.78 is 16.0. The van der Waals surface area contributed by atoms with Crippen molar-refractivity contribution in [2.75, 3.05) is 19.5 Å². The Labute approximate surface area is 204 Å². The molecule has 0 radical (unpaired) electrons. The highest BCUT2D eigenvalue weighted by atomic mass is 16.5. The largest absolute Gasteiger partial charge is 0.497 e. The number of carbonyl (C=O) groups is 2. The highest BCUT2D eigenvalue weighted by molar-refractivity contribution is 6.10. The smallest absolute Gasteiger partial charge is 0.337 e. The van der Waals surface area contributed by atoms with Crippen LogP contribution in [0.25, 0.3) is 6.08 Å². The zero-order valence-corrected chi connectivity index (χ0v) is 20.0. The van der Waals surface area contributed by atoms with Crippen LogP contribution in [0, 0.1) is 25.2 Å². The SMILES string of the molecule is COC(=O)c1ccc(NC(=O)/C(C#N)=C/c2ccc(OC)cc2OCc2ccc(C)c(C)c2)cc1. The lowest BCUT2D eigenvalue weighted by molar-refractivity contribution is -0.112. The number of amides is 1. The Morgan fingerprint density at radius 1 is 0.971 bits per heavy atom. The Morgan fingerprint density at radius 2 is 1.71 bits per heavy atom. The molecule has 0 aliphatic rings. The van der Waals surface area contributed by atoms with E-state index in [4.69, 9.17) is 9.47 Å². The molecule has 0 aliphatic heterocycles. The number of anilines is 1. The predicted octanol–water partition coefficient (Wildman–Crippen LogP) is 5.22. The molecule has 0 spiro atoms. The van der Waals surface area contributed by atoms with Gasteiger partial charge in [0.05, 0.1) is 19.8 Å². The molecule has 3 aromatic rings. The van der Waals surface area contributed by atoms with Crippen molar-refractivity contribution in [3.8, 4) is 17.6 Å². The average Bonchev–Trinajstić information content (AvgIpc) is 2.88. The summed E-state index contributed by atoms with van der Waals surface area (Å²) in [6.07, 6.45) is 1.47. The molecule has 0 unspecified atom stereocenters. The van der Waals surface area contributed by atoms with E-state index in [0.717, 1.165) is 5.56 Å². The van der Waals surface area contributed by atoms with Crippen molar-refractivity contribution in [1.29, 1.82) is 5.26 Å². The van der Waals surface area contributed by atoms with Gasteiger partial charge in [-0.3, -0.25) is 4.79 Å². The van der Waals surface area contributed by atoms with Crippen molar-refractivity contribution < 1.29 is 23.8 Å². The lowest BCUT2D eigenvalue weighted by Crippen LogP contribution is -2.13. The summed E-state index contributed by atoms with van der Waals surface area (Å²) in [5, 5.41) is 12.3. The van der Waals surface area contributed by atoms with E-state index in [9.17, 15) is 14.9 Å². The molecular formula is C28H26N2O5. The van der Waals surface area contributed by atoms with Gasteiger partial charge in [-0.05, 0) is 73.0 Å². The van der Waals surface area contributed by atoms with E-state index in [1.54, 1.807) is 37.4 Å². The Hall–Kier alpha value is -4.57. The molecule has 3 rings (SSSR count). The van der Waals surface area contributed by atoms with Crippen LogP contribution in [-0.2, 0) is 16.1 Å². The number of nitrogens with one attached hydrogen (secondary N) is 1. The topological polar surface area (TPSA) is 97.7 Å². The van der Waals surface area contributed by atoms with Crippen molar-refractivity contribution >= 4 is 23.6 Å². The highest BCUT2D eigenvalue weighted by Crippen LogP contribution is 2.28. The van der Waals surface area contributed by atoms with E-state index in [0.29, 0.717) is 34.9 Å². The molecule has 0 aliphatic carbocycles. The third-order valence-corrected chi connectivity index (χ3v) is 5.42. The number of nitrogens with zero attached hydrogens (tertiary/aromatic N) is 1. The zero-order chi connectivity index (χ0) is 25.4. The van der Waals surface area contributed by atoms with Crippen molar-refractivity contribution in [2.45, 2.75) is 20.5 Å². The van der Waals surface area contributed by atoms with Gasteiger partial charge in [0.15, 0.2) is 0 Å². The maximum Gasteiger partial charge on any atom is 0.337 e. The van der Waals surface area contributed by atoms with Crippen molar-refractivity contribution in [3.05, 3.63) is 94.1 Å². The second-order valence-electron chi connectivity index (χ2n) is 7.80. The van der Waals surface area contributed by atoms with Crippen LogP contribution >= 0.6 is 0 Å². The number of rotatable bonds is 8. The first-order valence-electron chi connectivity index (χ1n) is 10.8. The Kier molecular flexibility index (Phi) is 8.25. The fourth-order valence-electron chi connectivity index (χ4n) is 3.25. The van der Waals surface area contributed by atoms with Crippen molar-refractivity contribution in [3.63, 3.8) is 0 Å². The van der Waals surface area contributed by atoms with Crippen LogP contribution in [0.5, 0.6) is 11.5 Å². The third kappa shape index (κ3) is 6.49. The summed E-state index contributed by atoms with van der Waals surface area (Å²) in [4.78, 5) is 24.3. The van der Waals surface area contributed by atoms with Gasteiger partial charge in [0.1, 0.15) is 29.7 Å². The van der Waals surface area contributed by atoms with Crippen LogP contribution in [-0.4, -0.2) is 26.1 Å². The molecule has 0 saturated carbocycles. The minimum Gasteiger partial charge on any atom is -0.497 e. The predicted molar refractivity (Wildman–Crippen MR) is 133 cm³/mol. The summed E-state index contributed by atoms with van der Waals surface area (Å²) in [6.45, 7) is 4.40. The van der Waals surface area contributed by atoms with Crippen LogP contribution in [0.4, 0.5) is 5.69 Å². The number of hydrogen-bond acceptors (Lipinski definition) is 6. The summed E-state index contributed by atoms with van der Waals surface area (Å²) >= 11 is 0. The van der Waals surface area contributed by atoms with Gasteiger partial charge < -0.3 is 19.5 Å². The normalized spacial score (nSPS) is 10.8. The lowest BCUT2D eigenvalue weighted by atomic mass is 10.1. The fourth-order valence-corrected chi connectivity index (χ4v) is 3.25. The number of ether oxygens (including phenoxy) is 3. The summed E-state index contributed by atoms with van der Waals surface area (Å²) in [5.74, 6) is -0.000912. The van der Waals surface area contributed by atoms with Crippen LogP contribution in [0.15, 0.2) is 66.2 Å². The maximum atomic E-state index is 12.7. The summed E-state index contributed by atoms with van der Waals surface area (Å²) in [7, 11) is 2.85. The molecule has 0 bridgehead atoms. The number of hydrogen-bond donors (Lipinski definition) is 1. The van der Waals surface area contributed by atoms with Gasteiger partial charge in [-0.25, -0.2) is 4.79 Å². The molecule has 1 amide bonds. The molecule has 0 fully saturated rings. The standard InChI is InChI=1S/C28H26N2O5/c1-18-5-6-20(13-19(18)2)17-35-26-15-25(33-3)12-9-22(26)14-23(16-29)27(31)30-24-10-7-21(8-11-24)28(32)34-4/h5-15H,17H2,1-4H3,(H,30,31)/b23-14+. The van der Waals surface area contributed by atoms with Gasteiger partial charge in [-0.15, -0.1) is 0 Å². The van der Waals surface area contributed by atoms with Gasteiger partial charge in [0.2, 0.25) is 0 Å². The monoisotopic (exact) mass is 470 g/mol. The third-order valence-electron chi connectivity index (χ3n) is 5.42. The first-order valence-corrected chi connectivity index (χ1v) is 10.8. The number of esters is 1. The van der Waals surface area contributed by atoms with Gasteiger partial charge >= 0.3 is 5.97 Å². The molecule has 1 N–H and O–H groups in total. The second kappa shape index (κ2) is 11.5. The minimum atomic E-state index is -0.589. The highest BCUT2D eigenvalue weighted by Gasteiger charge is 2.13. The first-order chi connectivity index (χ1) is 16.8. The van der Waals surface area contributed by atoms with E-state index in [2.05, 4.69) is 16.1 Å². The molecule has 35 heavy (non-hydrogen) atoms. The number of aryl methyl sites for hydroxylation is 2. The van der Waals surface area contributed by atoms with Crippen molar-refractivity contribution in [2.24, 2.45) is 0 Å². The van der Waals surface area contributed by atoms with Crippen LogP contribution in [0.3, 0.4) is 0 Å². The molecule has 0 atom stereocenters. The number of benzene rings is 3. The molecule has 7 heteroatoms. The van der Waals surface area contributed by atoms with Crippen LogP contribution in [0.2, 0.25) is 0 Å². The quantitative estimate of drug-likeness (QED) is 0.275. The average molecular weight is 471 g/mol. The minimum absolute atomic E-state index is 0.108. The first kappa shape index (κ1) is 25.1. The molecule has 178 valence electrons. The van der Waals surface area contributed by atoms with Gasteiger partial charge in [0, 0.05) is 17.3 Å². The number of methoxy groups -OCH3 is 2. The molecular weight excluding hydrogens is 444 g/mol. The number of nitriles is 1. The molecule has 0 heterocycles. The summed E-state index contributed by atoms with van der Waals surface area (Å²) in [5.41, 5.74) is 4.60. The zero-order valence-electron chi connectivity index (χ0n) is 20.0. The Bertz CT molecular complexity index is 1300. The Morgan fingerprint density at radius 3 is 2.34 bits per heavy atom. The fraction of sp³-hybridized carbons (Fsp3) is 0.179. The second-order valence-corrected chi connectivity index (χ2v) is 7.80. The van der Waals surface area contributed by atoms with Crippen LogP contribution in [0.1, 0.15) is 32.6 Å². The van der Waals surface area contributed by atoms with Gasteiger partial charge in [-0.2, -0.15) is 5.26 Å². The lowest BCUT2D eigenvalue weighted by Gasteiger charge is -2.13. The van der Waals surface area contributed by atoms with E-state index in [1.165, 1.54) is 36.4 Å². The maximum absolute atomic E-state index is 12.7. The molecule has 0 aromatic heterocycles. The number of carbonyl (C=O) groups excluding carboxylic acids is 2. The van der Waals surface area contributed by atoms with Gasteiger partial charge in [0.25, 0.3) is 5.91 Å². The van der Waals surface area contributed by atoms with Crippen molar-refractivity contribution in [1.82, 2.24) is 0 Å². The van der Waals surface area contributed by atoms with Crippen LogP contribution < -0.4 is 14.8 Å². The Balaban J connectivity index is 1.82. The molecule has 0 saturated heterocycles. The van der Waals surface area contributed by atoms with E-state index < -0.39 is 11.9 Å².